The molecule has 0 saturated heterocycles. The summed E-state index contributed by atoms with van der Waals surface area (Å²) in [7, 11) is 0. The molecule has 0 aliphatic rings. The summed E-state index contributed by atoms with van der Waals surface area (Å²) in [4.78, 5) is 0. The van der Waals surface area contributed by atoms with Gasteiger partial charge in [-0.05, 0) is 66.1 Å². The van der Waals surface area contributed by atoms with Crippen LogP contribution in [0.5, 0.6) is 11.5 Å². The maximum atomic E-state index is 14.7. The van der Waals surface area contributed by atoms with E-state index >= 15 is 0 Å². The highest BCUT2D eigenvalue weighted by Crippen LogP contribution is 2.35. The fourth-order valence-electron chi connectivity index (χ4n) is 3.41. The van der Waals surface area contributed by atoms with Crippen LogP contribution in [-0.2, 0) is 12.7 Å². The van der Waals surface area contributed by atoms with Crippen LogP contribution in [0.3, 0.4) is 0 Å². The van der Waals surface area contributed by atoms with Gasteiger partial charge in [-0.15, -0.1) is 0 Å². The minimum atomic E-state index is -3.91. The molecule has 4 aromatic rings. The van der Waals surface area contributed by atoms with Crippen LogP contribution in [0.25, 0.3) is 11.1 Å². The molecule has 0 atom stereocenters. The third-order valence-corrected chi connectivity index (χ3v) is 5.41. The monoisotopic (exact) mass is 524 g/mol. The number of hydrogen-bond donors (Lipinski definition) is 0. The fourth-order valence-corrected chi connectivity index (χ4v) is 3.41. The van der Waals surface area contributed by atoms with Gasteiger partial charge in [0.15, 0.2) is 29.0 Å². The van der Waals surface area contributed by atoms with E-state index < -0.39 is 52.3 Å². The largest absolute Gasteiger partial charge is 0.486 e. The number of hydrogen-bond acceptors (Lipinski definition) is 2. The van der Waals surface area contributed by atoms with Gasteiger partial charge < -0.3 is 9.47 Å². The summed E-state index contributed by atoms with van der Waals surface area (Å²) >= 11 is 0. The number of rotatable bonds is 7. The average molecular weight is 524 g/mol. The Morgan fingerprint density at radius 1 is 0.676 bits per heavy atom. The molecule has 0 bridgehead atoms. The predicted octanol–water partition coefficient (Wildman–Crippen LogP) is 8.20. The molecule has 4 aromatic carbocycles. The highest BCUT2D eigenvalue weighted by molar-refractivity contribution is 5.65. The van der Waals surface area contributed by atoms with Crippen LogP contribution >= 0.6 is 0 Å². The molecule has 0 aromatic heterocycles. The first-order valence-electron chi connectivity index (χ1n) is 10.6. The second-order valence-electron chi connectivity index (χ2n) is 8.01. The topological polar surface area (TPSA) is 18.5 Å². The van der Waals surface area contributed by atoms with Gasteiger partial charge in [-0.25, -0.2) is 22.0 Å². The molecule has 10 heteroatoms. The van der Waals surface area contributed by atoms with Crippen molar-refractivity contribution in [1.82, 2.24) is 0 Å². The zero-order chi connectivity index (χ0) is 26.9. The predicted molar refractivity (Wildman–Crippen MR) is 118 cm³/mol. The minimum Gasteiger partial charge on any atom is -0.486 e. The Balaban J connectivity index is 1.46. The van der Waals surface area contributed by atoms with E-state index in [2.05, 4.69) is 4.74 Å². The van der Waals surface area contributed by atoms with Crippen molar-refractivity contribution in [1.29, 1.82) is 0 Å². The summed E-state index contributed by atoms with van der Waals surface area (Å²) in [5, 5.41) is 0. The maximum Gasteiger partial charge on any atom is 0.426 e. The van der Waals surface area contributed by atoms with Crippen molar-refractivity contribution in [3.63, 3.8) is 0 Å². The SMILES string of the molecule is Cc1ccc(OCc2ccc(C(F)(F)Oc3ccc(-c4cc(F)c(F)c(F)c4)c(F)c3)cc2)c(F)c1F. The lowest BCUT2D eigenvalue weighted by molar-refractivity contribution is -0.185. The first-order valence-corrected chi connectivity index (χ1v) is 10.6. The lowest BCUT2D eigenvalue weighted by atomic mass is 10.0. The molecule has 0 heterocycles. The second kappa shape index (κ2) is 10.1. The Morgan fingerprint density at radius 2 is 1.32 bits per heavy atom. The molecule has 0 radical (unpaired) electrons. The number of alkyl halides is 2. The van der Waals surface area contributed by atoms with Gasteiger partial charge in [0.1, 0.15) is 18.2 Å². The first-order chi connectivity index (χ1) is 17.5. The van der Waals surface area contributed by atoms with E-state index in [-0.39, 0.29) is 29.0 Å². The van der Waals surface area contributed by atoms with Crippen LogP contribution in [0.4, 0.5) is 35.1 Å². The molecule has 0 unspecified atom stereocenters. The molecule has 0 aliphatic heterocycles. The van der Waals surface area contributed by atoms with Crippen LogP contribution in [-0.4, -0.2) is 0 Å². The Labute approximate surface area is 205 Å². The summed E-state index contributed by atoms with van der Waals surface area (Å²) in [5.41, 5.74) is -0.824. The van der Waals surface area contributed by atoms with Gasteiger partial charge in [-0.1, -0.05) is 18.2 Å². The fraction of sp³-hybridized carbons (Fsp3) is 0.111. The third kappa shape index (κ3) is 5.52. The highest BCUT2D eigenvalue weighted by atomic mass is 19.3. The van der Waals surface area contributed by atoms with E-state index in [0.717, 1.165) is 24.3 Å². The molecule has 0 saturated carbocycles. The van der Waals surface area contributed by atoms with E-state index in [9.17, 15) is 35.1 Å². The van der Waals surface area contributed by atoms with Crippen LogP contribution in [0.15, 0.2) is 66.7 Å². The molecule has 2 nitrogen and oxygen atoms in total. The van der Waals surface area contributed by atoms with E-state index in [4.69, 9.17) is 4.74 Å². The van der Waals surface area contributed by atoms with Crippen LogP contribution in [0, 0.1) is 41.8 Å². The van der Waals surface area contributed by atoms with Crippen LogP contribution in [0.2, 0.25) is 0 Å². The van der Waals surface area contributed by atoms with Gasteiger partial charge in [-0.3, -0.25) is 0 Å². The van der Waals surface area contributed by atoms with Gasteiger partial charge >= 0.3 is 6.11 Å². The third-order valence-electron chi connectivity index (χ3n) is 5.41. The number of aryl methyl sites for hydroxylation is 1. The molecule has 4 rings (SSSR count). The first kappa shape index (κ1) is 26.0. The van der Waals surface area contributed by atoms with Crippen molar-refractivity contribution < 1.29 is 44.6 Å². The molecular weight excluding hydrogens is 508 g/mol. The minimum absolute atomic E-state index is 0.101. The number of halogens is 8. The van der Waals surface area contributed by atoms with Crippen molar-refractivity contribution >= 4 is 0 Å². The highest BCUT2D eigenvalue weighted by Gasteiger charge is 2.34. The smallest absolute Gasteiger partial charge is 0.426 e. The zero-order valence-corrected chi connectivity index (χ0v) is 18.9. The average Bonchev–Trinajstić information content (AvgIpc) is 2.85. The number of benzene rings is 4. The molecule has 37 heavy (non-hydrogen) atoms. The van der Waals surface area contributed by atoms with Crippen molar-refractivity contribution in [3.8, 4) is 22.6 Å². The normalized spacial score (nSPS) is 11.5. The lowest BCUT2D eigenvalue weighted by Crippen LogP contribution is -2.22. The molecule has 0 fully saturated rings. The van der Waals surface area contributed by atoms with Crippen molar-refractivity contribution in [3.05, 3.63) is 118 Å². The summed E-state index contributed by atoms with van der Waals surface area (Å²) in [6.45, 7) is 1.16. The van der Waals surface area contributed by atoms with Gasteiger partial charge in [0.25, 0.3) is 0 Å². The second-order valence-corrected chi connectivity index (χ2v) is 8.01. The summed E-state index contributed by atoms with van der Waals surface area (Å²) < 4.78 is 121. The van der Waals surface area contributed by atoms with Crippen molar-refractivity contribution in [2.24, 2.45) is 0 Å². The van der Waals surface area contributed by atoms with Crippen LogP contribution in [0.1, 0.15) is 16.7 Å². The van der Waals surface area contributed by atoms with Crippen molar-refractivity contribution in [2.75, 3.05) is 0 Å². The summed E-state index contributed by atoms with van der Waals surface area (Å²) in [5.74, 6) is -9.06. The summed E-state index contributed by atoms with van der Waals surface area (Å²) in [6, 6.07) is 10.8. The van der Waals surface area contributed by atoms with E-state index in [0.29, 0.717) is 23.8 Å². The van der Waals surface area contributed by atoms with E-state index in [1.807, 2.05) is 0 Å². The molecular formula is C27H16F8O2. The lowest BCUT2D eigenvalue weighted by Gasteiger charge is -2.19. The molecule has 192 valence electrons. The zero-order valence-electron chi connectivity index (χ0n) is 18.9. The molecule has 0 aliphatic carbocycles. The molecule has 0 amide bonds. The van der Waals surface area contributed by atoms with Crippen molar-refractivity contribution in [2.45, 2.75) is 19.6 Å². The molecule has 0 N–H and O–H groups in total. The van der Waals surface area contributed by atoms with E-state index in [1.54, 1.807) is 0 Å². The van der Waals surface area contributed by atoms with Gasteiger partial charge in [0.2, 0.25) is 5.82 Å². The Bertz CT molecular complexity index is 1430. The number of ether oxygens (including phenoxy) is 2. The van der Waals surface area contributed by atoms with Crippen LogP contribution < -0.4 is 9.47 Å². The Kier molecular flexibility index (Phi) is 7.11. The maximum absolute atomic E-state index is 14.7. The Hall–Kier alpha value is -4.08. The Morgan fingerprint density at radius 3 is 1.95 bits per heavy atom. The van der Waals surface area contributed by atoms with Gasteiger partial charge in [0, 0.05) is 11.6 Å². The van der Waals surface area contributed by atoms with Gasteiger partial charge in [0.05, 0.1) is 5.56 Å². The van der Waals surface area contributed by atoms with E-state index in [1.165, 1.54) is 31.2 Å². The summed E-state index contributed by atoms with van der Waals surface area (Å²) in [6.07, 6.45) is -3.91. The van der Waals surface area contributed by atoms with Gasteiger partial charge in [-0.2, -0.15) is 13.2 Å². The molecule has 0 spiro atoms. The standard InChI is InChI=1S/C27H16F8O2/c1-14-2-9-23(26(33)24(14)31)36-13-15-3-5-17(6-4-15)27(34,35)37-18-7-8-19(20(28)12-18)16-10-21(29)25(32)22(30)11-16/h2-12H,13H2,1H3. The quantitative estimate of drug-likeness (QED) is 0.179.